The average Bonchev–Trinajstić information content (AvgIpc) is 3.39. The van der Waals surface area contributed by atoms with Gasteiger partial charge in [-0.3, -0.25) is 4.79 Å². The number of rotatable bonds is 6. The molecule has 1 saturated carbocycles. The van der Waals surface area contributed by atoms with Crippen molar-refractivity contribution in [2.24, 2.45) is 11.3 Å². The van der Waals surface area contributed by atoms with E-state index in [1.165, 1.54) is 0 Å². The third kappa shape index (κ3) is 4.82. The molecule has 1 amide bonds. The molecule has 1 heterocycles. The van der Waals surface area contributed by atoms with Gasteiger partial charge in [0.15, 0.2) is 0 Å². The predicted molar refractivity (Wildman–Crippen MR) is 109 cm³/mol. The summed E-state index contributed by atoms with van der Waals surface area (Å²) in [6.07, 6.45) is 3.35. The molecule has 2 aromatic rings. The predicted octanol–water partition coefficient (Wildman–Crippen LogP) is 3.69. The number of hydrogen-bond acceptors (Lipinski definition) is 3. The lowest BCUT2D eigenvalue weighted by Gasteiger charge is -2.23. The van der Waals surface area contributed by atoms with Crippen molar-refractivity contribution in [3.63, 3.8) is 0 Å². The summed E-state index contributed by atoms with van der Waals surface area (Å²) in [4.78, 5) is 12.4. The molecule has 1 spiro atoms. The molecule has 0 radical (unpaired) electrons. The monoisotopic (exact) mass is 386 g/mol. The Labute approximate surface area is 167 Å². The Morgan fingerprint density at radius 3 is 2.41 bits per heavy atom. The molecule has 1 aliphatic heterocycles. The molecule has 2 N–H and O–H groups in total. The molecule has 1 saturated heterocycles. The van der Waals surface area contributed by atoms with E-state index in [9.17, 15) is 4.79 Å². The van der Waals surface area contributed by atoms with Crippen LogP contribution in [0, 0.1) is 11.3 Å². The van der Waals surface area contributed by atoms with Crippen LogP contribution in [0.5, 0.6) is 5.75 Å². The quantitative estimate of drug-likeness (QED) is 0.796. The van der Waals surface area contributed by atoms with Crippen LogP contribution < -0.4 is 15.4 Å². The molecule has 0 bridgehead atoms. The average molecular weight is 387 g/mol. The van der Waals surface area contributed by atoms with E-state index in [0.717, 1.165) is 49.2 Å². The van der Waals surface area contributed by atoms with Gasteiger partial charge in [-0.25, -0.2) is 0 Å². The zero-order chi connectivity index (χ0) is 17.8. The number of hydrogen-bond donors (Lipinski definition) is 2. The molecule has 1 unspecified atom stereocenters. The van der Waals surface area contributed by atoms with Crippen LogP contribution in [0.15, 0.2) is 54.6 Å². The van der Waals surface area contributed by atoms with Crippen LogP contribution in [0.2, 0.25) is 0 Å². The number of carbonyl (C=O) groups is 1. The largest absolute Gasteiger partial charge is 0.489 e. The molecular weight excluding hydrogens is 360 g/mol. The summed E-state index contributed by atoms with van der Waals surface area (Å²) in [6.45, 7) is 3.26. The van der Waals surface area contributed by atoms with Gasteiger partial charge < -0.3 is 15.4 Å². The summed E-state index contributed by atoms with van der Waals surface area (Å²) >= 11 is 0. The Bertz CT molecular complexity index is 743. The lowest BCUT2D eigenvalue weighted by molar-refractivity contribution is -0.123. The van der Waals surface area contributed by atoms with Gasteiger partial charge >= 0.3 is 0 Å². The normalized spacial score (nSPS) is 19.8. The second-order valence-corrected chi connectivity index (χ2v) is 7.51. The maximum atomic E-state index is 12.4. The molecule has 4 rings (SSSR count). The number of benzene rings is 2. The lowest BCUT2D eigenvalue weighted by Crippen LogP contribution is -2.33. The van der Waals surface area contributed by atoms with E-state index in [1.807, 2.05) is 30.3 Å². The van der Waals surface area contributed by atoms with Crippen LogP contribution in [0.1, 0.15) is 30.4 Å². The molecule has 27 heavy (non-hydrogen) atoms. The second kappa shape index (κ2) is 8.77. The number of amides is 1. The molecule has 2 aromatic carbocycles. The molecule has 1 aliphatic carbocycles. The topological polar surface area (TPSA) is 50.4 Å². The van der Waals surface area contributed by atoms with Crippen LogP contribution in [-0.2, 0) is 17.9 Å². The molecule has 5 heteroatoms. The number of halogens is 1. The minimum atomic E-state index is 0. The fourth-order valence-corrected chi connectivity index (χ4v) is 3.94. The van der Waals surface area contributed by atoms with Crippen molar-refractivity contribution < 1.29 is 9.53 Å². The molecular formula is C22H27ClN2O2. The van der Waals surface area contributed by atoms with Crippen molar-refractivity contribution in [3.8, 4) is 5.75 Å². The zero-order valence-electron chi connectivity index (χ0n) is 15.4. The van der Waals surface area contributed by atoms with E-state index in [2.05, 4.69) is 34.9 Å². The standard InChI is InChI=1S/C22H26N2O2.ClH/c25-21(20-14-22(20)10-12-23-13-11-22)24-15-17-6-8-18(9-7-17)16-26-19-4-2-1-3-5-19;/h1-9,20,23H,10-16H2,(H,24,25);1H. The Morgan fingerprint density at radius 2 is 1.70 bits per heavy atom. The maximum Gasteiger partial charge on any atom is 0.223 e. The van der Waals surface area contributed by atoms with E-state index in [0.29, 0.717) is 18.6 Å². The van der Waals surface area contributed by atoms with E-state index >= 15 is 0 Å². The fourth-order valence-electron chi connectivity index (χ4n) is 3.94. The fraction of sp³-hybridized carbons (Fsp3) is 0.409. The van der Waals surface area contributed by atoms with Gasteiger partial charge in [-0.15, -0.1) is 12.4 Å². The highest BCUT2D eigenvalue weighted by molar-refractivity contribution is 5.85. The summed E-state index contributed by atoms with van der Waals surface area (Å²) in [5.41, 5.74) is 2.55. The highest BCUT2D eigenvalue weighted by Crippen LogP contribution is 2.58. The molecule has 2 aliphatic rings. The van der Waals surface area contributed by atoms with Gasteiger partial charge in [0.2, 0.25) is 5.91 Å². The summed E-state index contributed by atoms with van der Waals surface area (Å²) in [5, 5.41) is 6.50. The Balaban J connectivity index is 0.00000210. The van der Waals surface area contributed by atoms with Gasteiger partial charge in [-0.2, -0.15) is 0 Å². The van der Waals surface area contributed by atoms with E-state index in [1.54, 1.807) is 0 Å². The Kier molecular flexibility index (Phi) is 6.40. The van der Waals surface area contributed by atoms with Crippen LogP contribution >= 0.6 is 12.4 Å². The van der Waals surface area contributed by atoms with E-state index in [-0.39, 0.29) is 24.2 Å². The first-order chi connectivity index (χ1) is 12.8. The first-order valence-corrected chi connectivity index (χ1v) is 9.49. The van der Waals surface area contributed by atoms with Crippen molar-refractivity contribution >= 4 is 18.3 Å². The first kappa shape index (κ1) is 19.7. The van der Waals surface area contributed by atoms with E-state index < -0.39 is 0 Å². The lowest BCUT2D eigenvalue weighted by atomic mass is 9.92. The van der Waals surface area contributed by atoms with Crippen molar-refractivity contribution in [2.45, 2.75) is 32.4 Å². The second-order valence-electron chi connectivity index (χ2n) is 7.51. The Morgan fingerprint density at radius 1 is 1.04 bits per heavy atom. The summed E-state index contributed by atoms with van der Waals surface area (Å²) in [6, 6.07) is 18.1. The van der Waals surface area contributed by atoms with Gasteiger partial charge in [-0.05, 0) is 61.0 Å². The van der Waals surface area contributed by atoms with Crippen molar-refractivity contribution in [1.29, 1.82) is 0 Å². The molecule has 144 valence electrons. The van der Waals surface area contributed by atoms with Gasteiger partial charge in [-0.1, -0.05) is 42.5 Å². The highest BCUT2D eigenvalue weighted by Gasteiger charge is 2.57. The van der Waals surface area contributed by atoms with E-state index in [4.69, 9.17) is 4.74 Å². The van der Waals surface area contributed by atoms with Crippen LogP contribution in [0.4, 0.5) is 0 Å². The smallest absolute Gasteiger partial charge is 0.223 e. The third-order valence-corrected chi connectivity index (χ3v) is 5.74. The SMILES string of the molecule is Cl.O=C(NCc1ccc(COc2ccccc2)cc1)C1CC12CCNCC2. The number of piperidine rings is 1. The molecule has 0 aromatic heterocycles. The maximum absolute atomic E-state index is 12.4. The molecule has 2 fully saturated rings. The van der Waals surface area contributed by atoms with Crippen molar-refractivity contribution in [2.75, 3.05) is 13.1 Å². The Hall–Kier alpha value is -2.04. The summed E-state index contributed by atoms with van der Waals surface area (Å²) in [7, 11) is 0. The number of nitrogens with one attached hydrogen (secondary N) is 2. The number of carbonyl (C=O) groups excluding carboxylic acids is 1. The van der Waals surface area contributed by atoms with Gasteiger partial charge in [0.1, 0.15) is 12.4 Å². The van der Waals surface area contributed by atoms with Gasteiger partial charge in [0.25, 0.3) is 0 Å². The summed E-state index contributed by atoms with van der Waals surface area (Å²) in [5.74, 6) is 1.33. The van der Waals surface area contributed by atoms with Crippen molar-refractivity contribution in [3.05, 3.63) is 65.7 Å². The minimum absolute atomic E-state index is 0. The third-order valence-electron chi connectivity index (χ3n) is 5.74. The van der Waals surface area contributed by atoms with Crippen molar-refractivity contribution in [1.82, 2.24) is 10.6 Å². The highest BCUT2D eigenvalue weighted by atomic mass is 35.5. The summed E-state index contributed by atoms with van der Waals surface area (Å²) < 4.78 is 5.76. The number of para-hydroxylation sites is 1. The van der Waals surface area contributed by atoms with Crippen LogP contribution in [0.3, 0.4) is 0 Å². The van der Waals surface area contributed by atoms with Crippen LogP contribution in [0.25, 0.3) is 0 Å². The zero-order valence-corrected chi connectivity index (χ0v) is 16.3. The molecule has 4 nitrogen and oxygen atoms in total. The molecule has 1 atom stereocenters. The van der Waals surface area contributed by atoms with Gasteiger partial charge in [0.05, 0.1) is 0 Å². The van der Waals surface area contributed by atoms with Crippen LogP contribution in [-0.4, -0.2) is 19.0 Å². The minimum Gasteiger partial charge on any atom is -0.489 e. The number of ether oxygens (including phenoxy) is 1. The van der Waals surface area contributed by atoms with Gasteiger partial charge in [0, 0.05) is 12.5 Å². The first-order valence-electron chi connectivity index (χ1n) is 9.49.